The Hall–Kier alpha value is -1.06. The molecular weight excluding hydrogens is 226 g/mol. The van der Waals surface area contributed by atoms with E-state index in [2.05, 4.69) is 30.9 Å². The Morgan fingerprint density at radius 3 is 2.83 bits per heavy atom. The van der Waals surface area contributed by atoms with Crippen LogP contribution >= 0.6 is 0 Å². The Kier molecular flexibility index (Phi) is 4.25. The van der Waals surface area contributed by atoms with Gasteiger partial charge in [0.15, 0.2) is 0 Å². The average molecular weight is 249 g/mol. The Labute approximate surface area is 109 Å². The molecule has 1 N–H and O–H groups in total. The van der Waals surface area contributed by atoms with Crippen molar-refractivity contribution in [2.45, 2.75) is 38.8 Å². The van der Waals surface area contributed by atoms with Gasteiger partial charge in [0.1, 0.15) is 5.75 Å². The summed E-state index contributed by atoms with van der Waals surface area (Å²) < 4.78 is 5.30. The van der Waals surface area contributed by atoms with E-state index in [0.717, 1.165) is 25.1 Å². The summed E-state index contributed by atoms with van der Waals surface area (Å²) in [5.74, 6) is 0.942. The molecule has 0 bridgehead atoms. The maximum absolute atomic E-state index is 8.99. The van der Waals surface area contributed by atoms with Gasteiger partial charge in [0.05, 0.1) is 7.11 Å². The van der Waals surface area contributed by atoms with Crippen LogP contribution < -0.4 is 4.74 Å². The summed E-state index contributed by atoms with van der Waals surface area (Å²) in [4.78, 5) is 2.48. The molecule has 1 aliphatic heterocycles. The quantitative estimate of drug-likeness (QED) is 0.889. The van der Waals surface area contributed by atoms with Crippen LogP contribution in [-0.2, 0) is 6.42 Å². The highest BCUT2D eigenvalue weighted by molar-refractivity contribution is 5.39. The van der Waals surface area contributed by atoms with E-state index >= 15 is 0 Å². The SMILES string of the molecule is COc1ccc2c(c1)CC(C)N(CCCO)C2C. The predicted octanol–water partition coefficient (Wildman–Crippen LogP) is 2.39. The lowest BCUT2D eigenvalue weighted by Crippen LogP contribution is -2.41. The molecule has 0 amide bonds. The van der Waals surface area contributed by atoms with Crippen molar-refractivity contribution in [1.82, 2.24) is 4.90 Å². The Morgan fingerprint density at radius 1 is 1.39 bits per heavy atom. The van der Waals surface area contributed by atoms with Crippen molar-refractivity contribution >= 4 is 0 Å². The molecule has 0 saturated heterocycles. The number of aliphatic hydroxyl groups excluding tert-OH is 1. The van der Waals surface area contributed by atoms with Crippen molar-refractivity contribution in [1.29, 1.82) is 0 Å². The third kappa shape index (κ3) is 2.52. The summed E-state index contributed by atoms with van der Waals surface area (Å²) in [5, 5.41) is 8.99. The third-order valence-corrected chi connectivity index (χ3v) is 3.95. The molecule has 1 aliphatic rings. The lowest BCUT2D eigenvalue weighted by atomic mass is 9.89. The number of methoxy groups -OCH3 is 1. The van der Waals surface area contributed by atoms with Crippen LogP contribution in [0.4, 0.5) is 0 Å². The molecule has 0 radical (unpaired) electrons. The van der Waals surface area contributed by atoms with Crippen LogP contribution in [0.15, 0.2) is 18.2 Å². The zero-order valence-electron chi connectivity index (χ0n) is 11.5. The second kappa shape index (κ2) is 5.72. The number of fused-ring (bicyclic) bond motifs is 1. The first-order valence-corrected chi connectivity index (χ1v) is 6.70. The molecule has 2 unspecified atom stereocenters. The molecule has 2 rings (SSSR count). The number of nitrogens with zero attached hydrogens (tertiary/aromatic N) is 1. The van der Waals surface area contributed by atoms with Crippen molar-refractivity contribution in [3.05, 3.63) is 29.3 Å². The van der Waals surface area contributed by atoms with Crippen LogP contribution in [0.5, 0.6) is 5.75 Å². The standard InChI is InChI=1S/C15H23NO2/c1-11-9-13-10-14(18-3)5-6-15(13)12(2)16(11)7-4-8-17/h5-6,10-12,17H,4,7-9H2,1-3H3. The summed E-state index contributed by atoms with van der Waals surface area (Å²) in [5.41, 5.74) is 2.79. The monoisotopic (exact) mass is 249 g/mol. The second-order valence-electron chi connectivity index (χ2n) is 5.11. The highest BCUT2D eigenvalue weighted by Crippen LogP contribution is 2.34. The Balaban J connectivity index is 2.23. The molecule has 100 valence electrons. The van der Waals surface area contributed by atoms with Gasteiger partial charge in [-0.1, -0.05) is 6.07 Å². The van der Waals surface area contributed by atoms with Crippen molar-refractivity contribution in [2.75, 3.05) is 20.3 Å². The topological polar surface area (TPSA) is 32.7 Å². The van der Waals surface area contributed by atoms with E-state index in [4.69, 9.17) is 9.84 Å². The number of rotatable bonds is 4. The third-order valence-electron chi connectivity index (χ3n) is 3.95. The number of ether oxygens (including phenoxy) is 1. The fourth-order valence-electron chi connectivity index (χ4n) is 2.96. The van der Waals surface area contributed by atoms with Gasteiger partial charge in [-0.2, -0.15) is 0 Å². The maximum atomic E-state index is 8.99. The van der Waals surface area contributed by atoms with Crippen LogP contribution in [0.25, 0.3) is 0 Å². The summed E-state index contributed by atoms with van der Waals surface area (Å²) in [6.07, 6.45) is 1.91. The van der Waals surface area contributed by atoms with Crippen molar-refractivity contribution in [3.8, 4) is 5.75 Å². The van der Waals surface area contributed by atoms with E-state index in [0.29, 0.717) is 12.1 Å². The molecule has 2 atom stereocenters. The van der Waals surface area contributed by atoms with Gasteiger partial charge in [0.25, 0.3) is 0 Å². The first-order chi connectivity index (χ1) is 8.67. The van der Waals surface area contributed by atoms with Gasteiger partial charge in [0.2, 0.25) is 0 Å². The normalized spacial score (nSPS) is 23.8. The van der Waals surface area contributed by atoms with Gasteiger partial charge >= 0.3 is 0 Å². The lowest BCUT2D eigenvalue weighted by Gasteiger charge is -2.40. The molecule has 1 heterocycles. The van der Waals surface area contributed by atoms with Crippen molar-refractivity contribution < 1.29 is 9.84 Å². The summed E-state index contributed by atoms with van der Waals surface area (Å²) in [6, 6.07) is 7.31. The van der Waals surface area contributed by atoms with Gasteiger partial charge < -0.3 is 9.84 Å². The smallest absolute Gasteiger partial charge is 0.119 e. The summed E-state index contributed by atoms with van der Waals surface area (Å²) in [6.45, 7) is 5.74. The van der Waals surface area contributed by atoms with E-state index in [1.54, 1.807) is 7.11 Å². The molecule has 18 heavy (non-hydrogen) atoms. The number of benzene rings is 1. The molecule has 3 heteroatoms. The highest BCUT2D eigenvalue weighted by atomic mass is 16.5. The number of hydrogen-bond donors (Lipinski definition) is 1. The fraction of sp³-hybridized carbons (Fsp3) is 0.600. The number of aliphatic hydroxyl groups is 1. The minimum absolute atomic E-state index is 0.269. The molecule has 1 aromatic carbocycles. The van der Waals surface area contributed by atoms with Gasteiger partial charge in [-0.25, -0.2) is 0 Å². The second-order valence-corrected chi connectivity index (χ2v) is 5.11. The fourth-order valence-corrected chi connectivity index (χ4v) is 2.96. The highest BCUT2D eigenvalue weighted by Gasteiger charge is 2.28. The molecule has 0 spiro atoms. The first-order valence-electron chi connectivity index (χ1n) is 6.70. The summed E-state index contributed by atoms with van der Waals surface area (Å²) >= 11 is 0. The van der Waals surface area contributed by atoms with E-state index < -0.39 is 0 Å². The largest absolute Gasteiger partial charge is 0.497 e. The molecule has 0 aromatic heterocycles. The predicted molar refractivity (Wildman–Crippen MR) is 73.0 cm³/mol. The van der Waals surface area contributed by atoms with Crippen LogP contribution in [-0.4, -0.2) is 36.3 Å². The van der Waals surface area contributed by atoms with Crippen LogP contribution in [0.1, 0.15) is 37.4 Å². The van der Waals surface area contributed by atoms with Gasteiger partial charge in [-0.05, 0) is 49.9 Å². The molecule has 0 aliphatic carbocycles. The molecule has 0 saturated carbocycles. The zero-order chi connectivity index (χ0) is 13.1. The van der Waals surface area contributed by atoms with E-state index in [-0.39, 0.29) is 6.61 Å². The summed E-state index contributed by atoms with van der Waals surface area (Å²) in [7, 11) is 1.71. The minimum atomic E-state index is 0.269. The van der Waals surface area contributed by atoms with E-state index in [9.17, 15) is 0 Å². The van der Waals surface area contributed by atoms with Crippen molar-refractivity contribution in [2.24, 2.45) is 0 Å². The lowest BCUT2D eigenvalue weighted by molar-refractivity contribution is 0.125. The van der Waals surface area contributed by atoms with Gasteiger partial charge in [0, 0.05) is 25.2 Å². The minimum Gasteiger partial charge on any atom is -0.497 e. The van der Waals surface area contributed by atoms with Crippen LogP contribution in [0.3, 0.4) is 0 Å². The van der Waals surface area contributed by atoms with E-state index in [1.165, 1.54) is 11.1 Å². The van der Waals surface area contributed by atoms with Gasteiger partial charge in [-0.15, -0.1) is 0 Å². The Bertz CT molecular complexity index is 405. The van der Waals surface area contributed by atoms with Gasteiger partial charge in [-0.3, -0.25) is 4.90 Å². The molecule has 0 fully saturated rings. The van der Waals surface area contributed by atoms with E-state index in [1.807, 2.05) is 6.07 Å². The zero-order valence-corrected chi connectivity index (χ0v) is 11.5. The molecule has 1 aromatic rings. The maximum Gasteiger partial charge on any atom is 0.119 e. The Morgan fingerprint density at radius 2 is 2.17 bits per heavy atom. The molecule has 3 nitrogen and oxygen atoms in total. The molecular formula is C15H23NO2. The van der Waals surface area contributed by atoms with Crippen LogP contribution in [0.2, 0.25) is 0 Å². The first kappa shape index (κ1) is 13.4. The average Bonchev–Trinajstić information content (AvgIpc) is 2.38. The number of hydrogen-bond acceptors (Lipinski definition) is 3. The van der Waals surface area contributed by atoms with Crippen molar-refractivity contribution in [3.63, 3.8) is 0 Å². The van der Waals surface area contributed by atoms with Crippen LogP contribution in [0, 0.1) is 0 Å².